The highest BCUT2D eigenvalue weighted by Gasteiger charge is 2.49. The lowest BCUT2D eigenvalue weighted by Gasteiger charge is -2.26. The van der Waals surface area contributed by atoms with Crippen LogP contribution in [0.5, 0.6) is 0 Å². The molecule has 1 aliphatic heterocycles. The molecule has 17 heavy (non-hydrogen) atoms. The van der Waals surface area contributed by atoms with Crippen LogP contribution in [0.15, 0.2) is 0 Å². The zero-order valence-corrected chi connectivity index (χ0v) is 11.4. The molecule has 98 valence electrons. The van der Waals surface area contributed by atoms with Gasteiger partial charge >= 0.3 is 0 Å². The van der Waals surface area contributed by atoms with Crippen LogP contribution in [0.25, 0.3) is 0 Å². The summed E-state index contributed by atoms with van der Waals surface area (Å²) in [6.07, 6.45) is 1.42. The van der Waals surface area contributed by atoms with Crippen LogP contribution in [0.4, 0.5) is 0 Å². The number of nitrogens with one attached hydrogen (secondary N) is 1. The second kappa shape index (κ2) is 5.63. The van der Waals surface area contributed by atoms with Crippen molar-refractivity contribution in [3.05, 3.63) is 0 Å². The average molecular weight is 240 g/mol. The third-order valence-corrected chi connectivity index (χ3v) is 3.77. The minimum Gasteiger partial charge on any atom is -0.315 e. The number of hydrogen-bond donors (Lipinski definition) is 1. The first kappa shape index (κ1) is 14.2. The summed E-state index contributed by atoms with van der Waals surface area (Å²) in [6, 6.07) is 0. The van der Waals surface area contributed by atoms with Gasteiger partial charge in [-0.3, -0.25) is 14.5 Å². The number of rotatable bonds is 6. The number of carbonyl (C=O) groups excluding carboxylic acids is 2. The zero-order valence-electron chi connectivity index (χ0n) is 11.4. The normalized spacial score (nSPS) is 25.1. The van der Waals surface area contributed by atoms with Gasteiger partial charge in [0.15, 0.2) is 0 Å². The van der Waals surface area contributed by atoms with E-state index in [9.17, 15) is 9.59 Å². The Hall–Kier alpha value is -0.900. The Morgan fingerprint density at radius 1 is 1.35 bits per heavy atom. The maximum Gasteiger partial charge on any atom is 0.235 e. The predicted molar refractivity (Wildman–Crippen MR) is 67.4 cm³/mol. The molecule has 0 bridgehead atoms. The quantitative estimate of drug-likeness (QED) is 0.564. The summed E-state index contributed by atoms with van der Waals surface area (Å²) in [5.74, 6) is 0.174. The van der Waals surface area contributed by atoms with E-state index in [-0.39, 0.29) is 17.7 Å². The topological polar surface area (TPSA) is 49.4 Å². The molecule has 1 unspecified atom stereocenters. The molecule has 0 spiro atoms. The third kappa shape index (κ3) is 2.86. The van der Waals surface area contributed by atoms with E-state index >= 15 is 0 Å². The highest BCUT2D eigenvalue weighted by Crippen LogP contribution is 2.38. The molecule has 0 aromatic carbocycles. The second-order valence-corrected chi connectivity index (χ2v) is 5.35. The van der Waals surface area contributed by atoms with Gasteiger partial charge in [0.2, 0.25) is 11.8 Å². The summed E-state index contributed by atoms with van der Waals surface area (Å²) in [5, 5.41) is 3.21. The number of nitrogens with zero attached hydrogens (tertiary/aromatic N) is 1. The van der Waals surface area contributed by atoms with Crippen molar-refractivity contribution in [3.8, 4) is 0 Å². The molecule has 4 nitrogen and oxygen atoms in total. The van der Waals surface area contributed by atoms with E-state index in [1.807, 2.05) is 20.8 Å². The van der Waals surface area contributed by atoms with E-state index in [2.05, 4.69) is 12.2 Å². The van der Waals surface area contributed by atoms with Crippen LogP contribution in [0.1, 0.15) is 40.5 Å². The first-order valence-corrected chi connectivity index (χ1v) is 6.49. The van der Waals surface area contributed by atoms with Gasteiger partial charge in [0.1, 0.15) is 0 Å². The minimum absolute atomic E-state index is 0.00389. The van der Waals surface area contributed by atoms with Gasteiger partial charge in [-0.15, -0.1) is 0 Å². The van der Waals surface area contributed by atoms with Crippen molar-refractivity contribution < 1.29 is 9.59 Å². The van der Waals surface area contributed by atoms with Crippen LogP contribution in [0, 0.1) is 11.3 Å². The first-order valence-electron chi connectivity index (χ1n) is 6.49. The molecule has 1 atom stereocenters. The Morgan fingerprint density at radius 3 is 2.47 bits per heavy atom. The van der Waals surface area contributed by atoms with Crippen LogP contribution in [0.2, 0.25) is 0 Å². The fraction of sp³-hybridized carbons (Fsp3) is 0.846. The largest absolute Gasteiger partial charge is 0.315 e. The van der Waals surface area contributed by atoms with Gasteiger partial charge in [0.05, 0.1) is 5.41 Å². The SMILES string of the molecule is CCCNCCN1C(=O)CC(C)(C(C)C)C1=O. The lowest BCUT2D eigenvalue weighted by Crippen LogP contribution is -2.40. The van der Waals surface area contributed by atoms with Gasteiger partial charge in [0, 0.05) is 19.5 Å². The van der Waals surface area contributed by atoms with E-state index < -0.39 is 5.41 Å². The molecule has 1 N–H and O–H groups in total. The molecule has 1 rings (SSSR count). The van der Waals surface area contributed by atoms with Crippen molar-refractivity contribution in [3.63, 3.8) is 0 Å². The van der Waals surface area contributed by atoms with Crippen LogP contribution in [0.3, 0.4) is 0 Å². The summed E-state index contributed by atoms with van der Waals surface area (Å²) in [4.78, 5) is 25.5. The maximum absolute atomic E-state index is 12.2. The summed E-state index contributed by atoms with van der Waals surface area (Å²) in [5.41, 5.74) is -0.498. The Bertz CT molecular complexity index is 302. The van der Waals surface area contributed by atoms with Crippen molar-refractivity contribution in [1.29, 1.82) is 0 Å². The van der Waals surface area contributed by atoms with Gasteiger partial charge in [-0.25, -0.2) is 0 Å². The summed E-state index contributed by atoms with van der Waals surface area (Å²) >= 11 is 0. The van der Waals surface area contributed by atoms with Gasteiger partial charge in [0.25, 0.3) is 0 Å². The Morgan fingerprint density at radius 2 is 2.00 bits per heavy atom. The Kier molecular flexibility index (Phi) is 4.69. The van der Waals surface area contributed by atoms with Gasteiger partial charge in [-0.05, 0) is 25.8 Å². The lowest BCUT2D eigenvalue weighted by atomic mass is 9.78. The van der Waals surface area contributed by atoms with Crippen molar-refractivity contribution in [2.75, 3.05) is 19.6 Å². The lowest BCUT2D eigenvalue weighted by molar-refractivity contribution is -0.141. The van der Waals surface area contributed by atoms with Crippen molar-refractivity contribution >= 4 is 11.8 Å². The average Bonchev–Trinajstić information content (AvgIpc) is 2.48. The van der Waals surface area contributed by atoms with Gasteiger partial charge in [-0.1, -0.05) is 20.8 Å². The zero-order chi connectivity index (χ0) is 13.1. The molecule has 0 saturated carbocycles. The molecule has 4 heteroatoms. The monoisotopic (exact) mass is 240 g/mol. The van der Waals surface area contributed by atoms with E-state index in [4.69, 9.17) is 0 Å². The molecular formula is C13H24N2O2. The first-order chi connectivity index (χ1) is 7.93. The molecule has 1 heterocycles. The smallest absolute Gasteiger partial charge is 0.235 e. The summed E-state index contributed by atoms with van der Waals surface area (Å²) < 4.78 is 0. The molecule has 0 aromatic heterocycles. The van der Waals surface area contributed by atoms with Crippen LogP contribution < -0.4 is 5.32 Å². The number of amides is 2. The van der Waals surface area contributed by atoms with E-state index in [0.717, 1.165) is 13.0 Å². The summed E-state index contributed by atoms with van der Waals surface area (Å²) in [6.45, 7) is 10.1. The van der Waals surface area contributed by atoms with E-state index in [0.29, 0.717) is 19.5 Å². The minimum atomic E-state index is -0.498. The molecule has 2 amide bonds. The fourth-order valence-corrected chi connectivity index (χ4v) is 2.08. The number of imide groups is 1. The molecule has 1 aliphatic rings. The Balaban J connectivity index is 2.57. The second-order valence-electron chi connectivity index (χ2n) is 5.35. The van der Waals surface area contributed by atoms with Gasteiger partial charge < -0.3 is 5.32 Å². The molecular weight excluding hydrogens is 216 g/mol. The number of likely N-dealkylation sites (tertiary alicyclic amines) is 1. The van der Waals surface area contributed by atoms with E-state index in [1.165, 1.54) is 4.90 Å². The van der Waals surface area contributed by atoms with Crippen LogP contribution >= 0.6 is 0 Å². The predicted octanol–water partition coefficient (Wildman–Crippen LogP) is 1.41. The molecule has 0 aliphatic carbocycles. The fourth-order valence-electron chi connectivity index (χ4n) is 2.08. The Labute approximate surface area is 104 Å². The van der Waals surface area contributed by atoms with Crippen molar-refractivity contribution in [1.82, 2.24) is 10.2 Å². The van der Waals surface area contributed by atoms with Crippen molar-refractivity contribution in [2.24, 2.45) is 11.3 Å². The number of hydrogen-bond acceptors (Lipinski definition) is 3. The van der Waals surface area contributed by atoms with Crippen LogP contribution in [-0.4, -0.2) is 36.3 Å². The molecule has 1 saturated heterocycles. The summed E-state index contributed by atoms with van der Waals surface area (Å²) in [7, 11) is 0. The highest BCUT2D eigenvalue weighted by molar-refractivity contribution is 6.05. The van der Waals surface area contributed by atoms with E-state index in [1.54, 1.807) is 0 Å². The number of carbonyl (C=O) groups is 2. The van der Waals surface area contributed by atoms with Crippen molar-refractivity contribution in [2.45, 2.75) is 40.5 Å². The molecule has 1 fully saturated rings. The third-order valence-electron chi connectivity index (χ3n) is 3.77. The maximum atomic E-state index is 12.2. The molecule has 0 aromatic rings. The molecule has 0 radical (unpaired) electrons. The highest BCUT2D eigenvalue weighted by atomic mass is 16.2. The van der Waals surface area contributed by atoms with Crippen LogP contribution in [-0.2, 0) is 9.59 Å². The van der Waals surface area contributed by atoms with Gasteiger partial charge in [-0.2, -0.15) is 0 Å². The standard InChI is InChI=1S/C13H24N2O2/c1-5-6-14-7-8-15-11(16)9-13(4,10(2)3)12(15)17/h10,14H,5-9H2,1-4H3.